The molecule has 2 aromatic rings. The van der Waals surface area contributed by atoms with Crippen LogP contribution in [0.15, 0.2) is 34.9 Å². The zero-order valence-corrected chi connectivity index (χ0v) is 11.9. The average molecular weight is 352 g/mol. The largest absolute Gasteiger partial charge is 0.443 e. The Hall–Kier alpha value is -0.920. The molecule has 0 amide bonds. The number of aliphatic hydroxyl groups excluding tert-OH is 1. The molecule has 102 valence electrons. The van der Waals surface area contributed by atoms with Crippen molar-refractivity contribution in [3.8, 4) is 0 Å². The predicted octanol–water partition coefficient (Wildman–Crippen LogP) is 4.20. The molecule has 0 fully saturated rings. The first-order chi connectivity index (χ1) is 8.86. The van der Waals surface area contributed by atoms with E-state index in [-0.39, 0.29) is 11.3 Å². The molecule has 0 saturated carbocycles. The second kappa shape index (κ2) is 5.60. The third-order valence-electron chi connectivity index (χ3n) is 2.44. The number of aromatic nitrogens is 1. The highest BCUT2D eigenvalue weighted by Crippen LogP contribution is 2.35. The van der Waals surface area contributed by atoms with Gasteiger partial charge in [0.1, 0.15) is 0 Å². The minimum atomic E-state index is -4.46. The lowest BCUT2D eigenvalue weighted by molar-refractivity contribution is -0.137. The minimum absolute atomic E-state index is 0.218. The highest BCUT2D eigenvalue weighted by molar-refractivity contribution is 9.10. The van der Waals surface area contributed by atoms with Crippen LogP contribution in [0.3, 0.4) is 0 Å². The van der Waals surface area contributed by atoms with Gasteiger partial charge in [-0.2, -0.15) is 13.2 Å². The molecule has 0 aliphatic heterocycles. The lowest BCUT2D eigenvalue weighted by Gasteiger charge is -2.08. The molecule has 1 aromatic heterocycles. The van der Waals surface area contributed by atoms with E-state index >= 15 is 0 Å². The quantitative estimate of drug-likeness (QED) is 0.898. The van der Waals surface area contributed by atoms with Crippen LogP contribution in [0.4, 0.5) is 13.2 Å². The summed E-state index contributed by atoms with van der Waals surface area (Å²) < 4.78 is 38.1. The third kappa shape index (κ3) is 3.77. The van der Waals surface area contributed by atoms with Crippen LogP contribution in [0.5, 0.6) is 0 Å². The van der Waals surface area contributed by atoms with Gasteiger partial charge in [-0.1, -0.05) is 28.1 Å². The topological polar surface area (TPSA) is 33.1 Å². The van der Waals surface area contributed by atoms with Gasteiger partial charge in [0.25, 0.3) is 0 Å². The average Bonchev–Trinajstić information content (AvgIpc) is 2.81. The van der Waals surface area contributed by atoms with E-state index in [2.05, 4.69) is 20.9 Å². The van der Waals surface area contributed by atoms with E-state index in [1.54, 1.807) is 12.1 Å². The summed E-state index contributed by atoms with van der Waals surface area (Å²) >= 11 is 3.76. The number of aliphatic hydroxyl groups is 1. The number of halogens is 4. The van der Waals surface area contributed by atoms with Crippen molar-refractivity contribution in [3.63, 3.8) is 0 Å². The molecule has 0 aliphatic rings. The summed E-state index contributed by atoms with van der Waals surface area (Å²) in [5, 5.41) is 8.98. The van der Waals surface area contributed by atoms with Gasteiger partial charge in [0.2, 0.25) is 0 Å². The van der Waals surface area contributed by atoms with Crippen molar-refractivity contribution in [1.82, 2.24) is 4.98 Å². The first kappa shape index (κ1) is 14.5. The molecular formula is C12H9BrF3NOS. The molecule has 0 radical (unpaired) electrons. The van der Waals surface area contributed by atoms with E-state index in [0.717, 1.165) is 16.2 Å². The highest BCUT2D eigenvalue weighted by Gasteiger charge is 2.35. The predicted molar refractivity (Wildman–Crippen MR) is 69.9 cm³/mol. The van der Waals surface area contributed by atoms with Gasteiger partial charge < -0.3 is 5.11 Å². The van der Waals surface area contributed by atoms with Gasteiger partial charge in [-0.3, -0.25) is 0 Å². The van der Waals surface area contributed by atoms with E-state index in [1.165, 1.54) is 0 Å². The maximum Gasteiger partial charge on any atom is 0.443 e. The molecule has 0 bridgehead atoms. The van der Waals surface area contributed by atoms with Crippen LogP contribution in [0.2, 0.25) is 0 Å². The number of alkyl halides is 3. The molecule has 2 rings (SSSR count). The van der Waals surface area contributed by atoms with Crippen molar-refractivity contribution in [2.45, 2.75) is 18.7 Å². The maximum absolute atomic E-state index is 12.4. The number of benzene rings is 1. The monoisotopic (exact) mass is 351 g/mol. The van der Waals surface area contributed by atoms with Crippen molar-refractivity contribution < 1.29 is 18.3 Å². The van der Waals surface area contributed by atoms with Gasteiger partial charge in [0, 0.05) is 17.1 Å². The number of rotatable bonds is 3. The number of hydrogen-bond acceptors (Lipinski definition) is 3. The van der Waals surface area contributed by atoms with Gasteiger partial charge in [0.15, 0.2) is 5.01 Å². The second-order valence-corrected chi connectivity index (χ2v) is 5.89. The molecule has 0 saturated heterocycles. The Morgan fingerprint density at radius 3 is 2.42 bits per heavy atom. The molecule has 1 N–H and O–H groups in total. The van der Waals surface area contributed by atoms with E-state index < -0.39 is 17.3 Å². The fourth-order valence-corrected chi connectivity index (χ4v) is 2.55. The molecule has 7 heteroatoms. The minimum Gasteiger partial charge on any atom is -0.387 e. The fraction of sp³-hybridized carbons (Fsp3) is 0.250. The van der Waals surface area contributed by atoms with Crippen LogP contribution in [-0.4, -0.2) is 10.1 Å². The van der Waals surface area contributed by atoms with Crippen LogP contribution in [0.25, 0.3) is 0 Å². The first-order valence-corrected chi connectivity index (χ1v) is 6.92. The summed E-state index contributed by atoms with van der Waals surface area (Å²) in [6, 6.07) is 7.24. The molecular weight excluding hydrogens is 343 g/mol. The van der Waals surface area contributed by atoms with Gasteiger partial charge in [0.05, 0.1) is 11.0 Å². The number of hydrogen-bond donors (Lipinski definition) is 1. The highest BCUT2D eigenvalue weighted by atomic mass is 79.9. The fourth-order valence-electron chi connectivity index (χ4n) is 1.52. The molecule has 0 aliphatic carbocycles. The standard InChI is InChI=1S/C12H9BrF3NOS/c13-8-3-1-7(2-4-8)5-9(18)10-6-17-11(19-10)12(14,15)16/h1-4,6,9,18H,5H2. The molecule has 1 unspecified atom stereocenters. The van der Waals surface area contributed by atoms with Crippen LogP contribution < -0.4 is 0 Å². The Labute approximate surface area is 120 Å². The van der Waals surface area contributed by atoms with Gasteiger partial charge in [-0.15, -0.1) is 11.3 Å². The molecule has 19 heavy (non-hydrogen) atoms. The summed E-state index contributed by atoms with van der Waals surface area (Å²) in [6.07, 6.45) is -4.10. The van der Waals surface area contributed by atoms with Gasteiger partial charge in [-0.25, -0.2) is 4.98 Å². The Balaban J connectivity index is 2.09. The summed E-state index contributed by atoms with van der Waals surface area (Å²) in [5.74, 6) is 0. The zero-order chi connectivity index (χ0) is 14.0. The van der Waals surface area contributed by atoms with Crippen molar-refractivity contribution in [2.75, 3.05) is 0 Å². The van der Waals surface area contributed by atoms with E-state index in [0.29, 0.717) is 11.3 Å². The zero-order valence-electron chi connectivity index (χ0n) is 9.49. The van der Waals surface area contributed by atoms with Crippen LogP contribution in [0.1, 0.15) is 21.6 Å². The third-order valence-corrected chi connectivity index (χ3v) is 4.11. The summed E-state index contributed by atoms with van der Waals surface area (Å²) in [7, 11) is 0. The molecule has 0 spiro atoms. The second-order valence-electron chi connectivity index (χ2n) is 3.91. The Morgan fingerprint density at radius 1 is 1.26 bits per heavy atom. The summed E-state index contributed by atoms with van der Waals surface area (Å²) in [4.78, 5) is 3.51. The van der Waals surface area contributed by atoms with Gasteiger partial charge >= 0.3 is 6.18 Å². The normalized spacial score (nSPS) is 13.5. The van der Waals surface area contributed by atoms with Crippen molar-refractivity contribution in [3.05, 3.63) is 50.4 Å². The summed E-state index contributed by atoms with van der Waals surface area (Å²) in [6.45, 7) is 0. The Kier molecular flexibility index (Phi) is 4.27. The van der Waals surface area contributed by atoms with E-state index in [1.807, 2.05) is 12.1 Å². The van der Waals surface area contributed by atoms with Crippen LogP contribution in [0, 0.1) is 0 Å². The Bertz CT molecular complexity index is 553. The summed E-state index contributed by atoms with van der Waals surface area (Å²) in [5.41, 5.74) is 0.845. The molecule has 2 nitrogen and oxygen atoms in total. The smallest absolute Gasteiger partial charge is 0.387 e. The van der Waals surface area contributed by atoms with Gasteiger partial charge in [-0.05, 0) is 17.7 Å². The van der Waals surface area contributed by atoms with Crippen LogP contribution >= 0.6 is 27.3 Å². The Morgan fingerprint density at radius 2 is 1.89 bits per heavy atom. The maximum atomic E-state index is 12.4. The lowest BCUT2D eigenvalue weighted by Crippen LogP contribution is -2.03. The first-order valence-electron chi connectivity index (χ1n) is 5.31. The van der Waals surface area contributed by atoms with E-state index in [9.17, 15) is 18.3 Å². The molecule has 1 atom stereocenters. The van der Waals surface area contributed by atoms with E-state index in [4.69, 9.17) is 0 Å². The molecule has 1 heterocycles. The number of thiazole rings is 1. The van der Waals surface area contributed by atoms with Crippen molar-refractivity contribution in [2.24, 2.45) is 0 Å². The number of nitrogens with zero attached hydrogens (tertiary/aromatic N) is 1. The van der Waals surface area contributed by atoms with Crippen molar-refractivity contribution in [1.29, 1.82) is 0 Å². The lowest BCUT2D eigenvalue weighted by atomic mass is 10.1. The van der Waals surface area contributed by atoms with Crippen LogP contribution in [-0.2, 0) is 12.6 Å². The SMILES string of the molecule is OC(Cc1ccc(Br)cc1)c1cnc(C(F)(F)F)s1. The van der Waals surface area contributed by atoms with Crippen molar-refractivity contribution >= 4 is 27.3 Å². The molecule has 1 aromatic carbocycles.